The van der Waals surface area contributed by atoms with Crippen LogP contribution in [-0.4, -0.2) is 79.3 Å². The summed E-state index contributed by atoms with van der Waals surface area (Å²) >= 11 is 0. The first-order valence-corrected chi connectivity index (χ1v) is 25.1. The van der Waals surface area contributed by atoms with Gasteiger partial charge in [-0.1, -0.05) is 30.4 Å². The van der Waals surface area contributed by atoms with Crippen LogP contribution >= 0.6 is 0 Å². The zero-order valence-corrected chi connectivity index (χ0v) is 43.3. The quantitative estimate of drug-likeness (QED) is 0.0488. The van der Waals surface area contributed by atoms with Gasteiger partial charge in [0.2, 0.25) is 0 Å². The van der Waals surface area contributed by atoms with E-state index in [1.165, 1.54) is 72.9 Å². The second-order valence-electron chi connectivity index (χ2n) is 19.7. The molecule has 5 aliphatic carbocycles. The number of allylic oxidation sites excluding steroid dienone is 4. The number of rotatable bonds is 15. The minimum absolute atomic E-state index is 0.00257. The summed E-state index contributed by atoms with van der Waals surface area (Å²) in [5, 5.41) is 165. The van der Waals surface area contributed by atoms with Crippen LogP contribution in [0.25, 0.3) is 0 Å². The molecule has 33 heteroatoms. The van der Waals surface area contributed by atoms with Gasteiger partial charge in [0.15, 0.2) is 0 Å². The van der Waals surface area contributed by atoms with Crippen molar-refractivity contribution in [1.29, 1.82) is 0 Å². The molecular formula is C52H41N15O18. The average molecular weight is 1160 g/mol. The summed E-state index contributed by atoms with van der Waals surface area (Å²) in [6.45, 7) is 0. The summed E-state index contributed by atoms with van der Waals surface area (Å²) in [5.41, 5.74) is -4.48. The monoisotopic (exact) mass is 1160 g/mol. The second kappa shape index (κ2) is 24.5. The third kappa shape index (κ3) is 13.8. The Balaban J connectivity index is 1.19. The van der Waals surface area contributed by atoms with Crippen molar-refractivity contribution in [2.75, 3.05) is 0 Å². The fourth-order valence-corrected chi connectivity index (χ4v) is 10.1. The molecule has 0 spiro atoms. The third-order valence-corrected chi connectivity index (χ3v) is 14.0. The van der Waals surface area contributed by atoms with Crippen LogP contribution < -0.4 is 0 Å². The molecule has 5 aliphatic rings. The van der Waals surface area contributed by atoms with Crippen LogP contribution in [0.3, 0.4) is 0 Å². The Morgan fingerprint density at radius 2 is 0.600 bits per heavy atom. The standard InChI is InChI=1S/C52H41N15O18/c68-49-26-4-28-10-36(55-58-39-17-43(62(74)75)23-44(18-39)63(76)77)12-30(50(28)69)6-32-14-38(57-60-41-21-47(66(82)83)25-48(22-41)67(84)85)15-33(52(32)71)7-31-13-37(56-59-40-19-45(64(78)79)24-46(20-40)65(80)81)11-29(51(31)70)5-27(49)9-35(8-26)54-53-34-2-1-3-42(16-34)61(72)73/h1-3,8-26,28,31-32,49-52,68-71H,4-7H2/b54-53+,58-55+,59-56+,60-57+. The fraction of sp³-hybridized carbons (Fsp3) is 0.231. The van der Waals surface area contributed by atoms with Gasteiger partial charge in [-0.15, -0.1) is 0 Å². The van der Waals surface area contributed by atoms with Crippen LogP contribution in [0.15, 0.2) is 213 Å². The average Bonchev–Trinajstić information content (AvgIpc) is 3.17. The highest BCUT2D eigenvalue weighted by molar-refractivity contribution is 5.58. The minimum atomic E-state index is -1.49. The van der Waals surface area contributed by atoms with Gasteiger partial charge in [0.25, 0.3) is 39.8 Å². The summed E-state index contributed by atoms with van der Waals surface area (Å²) in [4.78, 5) is 76.3. The van der Waals surface area contributed by atoms with Crippen LogP contribution in [0.2, 0.25) is 0 Å². The molecule has 8 bridgehead atoms. The maximum atomic E-state index is 12.4. The molecule has 4 aromatic rings. The van der Waals surface area contributed by atoms with Gasteiger partial charge in [-0.2, -0.15) is 40.9 Å². The topological polar surface area (TPSA) is 482 Å². The van der Waals surface area contributed by atoms with Crippen LogP contribution in [-0.2, 0) is 0 Å². The predicted octanol–water partition coefficient (Wildman–Crippen LogP) is 11.3. The number of hydrogen-bond donors (Lipinski definition) is 4. The summed E-state index contributed by atoms with van der Waals surface area (Å²) in [5.74, 6) is -4.19. The summed E-state index contributed by atoms with van der Waals surface area (Å²) < 4.78 is 0. The van der Waals surface area contributed by atoms with E-state index in [0.29, 0.717) is 0 Å². The molecule has 1 fully saturated rings. The van der Waals surface area contributed by atoms with Gasteiger partial charge in [0, 0.05) is 72.2 Å². The van der Waals surface area contributed by atoms with E-state index in [-0.39, 0.29) is 99.2 Å². The second-order valence-corrected chi connectivity index (χ2v) is 19.7. The van der Waals surface area contributed by atoms with E-state index < -0.39 is 117 Å². The van der Waals surface area contributed by atoms with Crippen LogP contribution in [0.4, 0.5) is 62.6 Å². The molecule has 8 atom stereocenters. The SMILES string of the molecule is O=[N+]([O-])c1cccc(/N=N/C2=CC3CC4C=C(/N=N/c5cc([N+](=O)[O-])cc([N+](=O)[O-])c5)C=C(CC5C=C(/N=N/c6cc([N+](=O)[O-])cc([N+](=O)[O-])c6)C=C(CC6C=C(/N=N/c7cc([N+](=O)[O-])cc([N+](=O)[O-])c7)C=C(CC(=C2)C3O)C6O)C5O)C4O)c1. The smallest absolute Gasteiger partial charge is 0.278 e. The molecule has 0 saturated heterocycles. The summed E-state index contributed by atoms with van der Waals surface area (Å²) in [6, 6.07) is 13.0. The Morgan fingerprint density at radius 3 is 0.941 bits per heavy atom. The molecule has 0 aromatic heterocycles. The molecule has 432 valence electrons. The third-order valence-electron chi connectivity index (χ3n) is 14.0. The van der Waals surface area contributed by atoms with Gasteiger partial charge in [0.1, 0.15) is 0 Å². The van der Waals surface area contributed by atoms with Crippen molar-refractivity contribution in [3.63, 3.8) is 0 Å². The lowest BCUT2D eigenvalue weighted by Gasteiger charge is -2.37. The zero-order valence-electron chi connectivity index (χ0n) is 43.3. The van der Waals surface area contributed by atoms with Crippen molar-refractivity contribution in [2.45, 2.75) is 50.1 Å². The highest BCUT2D eigenvalue weighted by Crippen LogP contribution is 2.44. The van der Waals surface area contributed by atoms with Crippen molar-refractivity contribution in [2.24, 2.45) is 64.6 Å². The highest BCUT2D eigenvalue weighted by atomic mass is 16.7. The van der Waals surface area contributed by atoms with Gasteiger partial charge in [-0.05, 0) is 78.3 Å². The summed E-state index contributed by atoms with van der Waals surface area (Å²) in [7, 11) is 0. The molecule has 0 heterocycles. The molecule has 33 nitrogen and oxygen atoms in total. The molecule has 8 unspecified atom stereocenters. The number of aliphatic hydroxyl groups excluding tert-OH is 4. The van der Waals surface area contributed by atoms with E-state index in [1.54, 1.807) is 0 Å². The number of aliphatic hydroxyl groups is 4. The van der Waals surface area contributed by atoms with Crippen LogP contribution in [0.5, 0.6) is 0 Å². The lowest BCUT2D eigenvalue weighted by Crippen LogP contribution is -2.35. The Labute approximate surface area is 474 Å². The van der Waals surface area contributed by atoms with Gasteiger partial charge >= 0.3 is 0 Å². The lowest BCUT2D eigenvalue weighted by atomic mass is 9.72. The van der Waals surface area contributed by atoms with Crippen molar-refractivity contribution in [3.05, 3.63) is 243 Å². The number of azo groups is 4. The Hall–Kier alpha value is -11.2. The van der Waals surface area contributed by atoms with E-state index in [0.717, 1.165) is 54.6 Å². The lowest BCUT2D eigenvalue weighted by molar-refractivity contribution is -0.394. The Bertz CT molecular complexity index is 3840. The van der Waals surface area contributed by atoms with Crippen molar-refractivity contribution in [1.82, 2.24) is 0 Å². The van der Waals surface area contributed by atoms with E-state index in [1.807, 2.05) is 0 Å². The van der Waals surface area contributed by atoms with Crippen LogP contribution in [0, 0.1) is 94.5 Å². The number of nitrogens with zero attached hydrogens (tertiary/aromatic N) is 15. The van der Waals surface area contributed by atoms with Crippen molar-refractivity contribution < 1.29 is 54.9 Å². The molecule has 4 N–H and O–H groups in total. The molecule has 1 saturated carbocycles. The van der Waals surface area contributed by atoms with Crippen LogP contribution in [0.1, 0.15) is 25.7 Å². The summed E-state index contributed by atoms with van der Waals surface area (Å²) in [6.07, 6.45) is 4.61. The van der Waals surface area contributed by atoms with Gasteiger partial charge < -0.3 is 20.4 Å². The number of hydrogen-bond acceptors (Lipinski definition) is 26. The molecule has 0 radical (unpaired) electrons. The van der Waals surface area contributed by atoms with E-state index >= 15 is 0 Å². The van der Waals surface area contributed by atoms with E-state index in [2.05, 4.69) is 40.9 Å². The Kier molecular flexibility index (Phi) is 16.9. The van der Waals surface area contributed by atoms with Gasteiger partial charge in [-0.3, -0.25) is 70.8 Å². The molecular weight excluding hydrogens is 1120 g/mol. The highest BCUT2D eigenvalue weighted by Gasteiger charge is 2.39. The molecule has 9 rings (SSSR count). The molecule has 85 heavy (non-hydrogen) atoms. The number of nitro groups is 7. The molecule has 0 aliphatic heterocycles. The van der Waals surface area contributed by atoms with Crippen molar-refractivity contribution >= 4 is 62.6 Å². The van der Waals surface area contributed by atoms with Crippen molar-refractivity contribution in [3.8, 4) is 0 Å². The Morgan fingerprint density at radius 1 is 0.329 bits per heavy atom. The number of non-ortho nitro benzene ring substituents is 7. The normalized spacial score (nSPS) is 23.2. The van der Waals surface area contributed by atoms with Gasteiger partial charge in [0.05, 0.1) is 123 Å². The fourth-order valence-electron chi connectivity index (χ4n) is 10.1. The largest absolute Gasteiger partial charge is 0.388 e. The number of nitro benzene ring substituents is 7. The first kappa shape index (κ1) is 58.5. The predicted molar refractivity (Wildman–Crippen MR) is 292 cm³/mol. The number of benzene rings is 4. The molecule has 4 aromatic carbocycles. The maximum Gasteiger partial charge on any atom is 0.278 e. The van der Waals surface area contributed by atoms with E-state index in [9.17, 15) is 91.2 Å². The van der Waals surface area contributed by atoms with E-state index in [4.69, 9.17) is 0 Å². The maximum absolute atomic E-state index is 12.4. The van der Waals surface area contributed by atoms with Gasteiger partial charge in [-0.25, -0.2) is 0 Å². The first-order valence-electron chi connectivity index (χ1n) is 25.1. The zero-order chi connectivity index (χ0) is 61.0. The number of fused-ring (bicyclic) bond motifs is 8. The first-order chi connectivity index (χ1) is 40.4. The molecule has 0 amide bonds. The minimum Gasteiger partial charge on any atom is -0.388 e.